The van der Waals surface area contributed by atoms with Crippen molar-refractivity contribution in [2.24, 2.45) is 0 Å². The topological polar surface area (TPSA) is 70.6 Å². The van der Waals surface area contributed by atoms with Crippen LogP contribution in [0.4, 0.5) is 16.3 Å². The van der Waals surface area contributed by atoms with Crippen molar-refractivity contribution < 1.29 is 9.53 Å². The number of urea groups is 1. The zero-order chi connectivity index (χ0) is 24.1. The summed E-state index contributed by atoms with van der Waals surface area (Å²) in [4.78, 5) is 26.6. The number of benzene rings is 2. The predicted molar refractivity (Wildman–Crippen MR) is 136 cm³/mol. The zero-order valence-electron chi connectivity index (χ0n) is 20.5. The van der Waals surface area contributed by atoms with Crippen LogP contribution < -0.4 is 15.0 Å². The summed E-state index contributed by atoms with van der Waals surface area (Å²) in [7, 11) is 1.60. The Morgan fingerprint density at radius 2 is 1.71 bits per heavy atom. The zero-order valence-corrected chi connectivity index (χ0v) is 20.5. The molecule has 3 aromatic rings. The predicted octanol–water partition coefficient (Wildman–Crippen LogP) is 4.61. The van der Waals surface area contributed by atoms with Crippen LogP contribution in [0.2, 0.25) is 0 Å². The third-order valence-corrected chi connectivity index (χ3v) is 6.23. The van der Waals surface area contributed by atoms with E-state index in [-0.39, 0.29) is 6.03 Å². The number of para-hydroxylation sites is 2. The van der Waals surface area contributed by atoms with Crippen molar-refractivity contribution >= 4 is 17.5 Å². The summed E-state index contributed by atoms with van der Waals surface area (Å²) < 4.78 is 5.35. The number of carbonyl (C=O) groups is 1. The molecule has 0 bridgehead atoms. The molecule has 7 heteroatoms. The number of aryl methyl sites for hydroxylation is 3. The Balaban J connectivity index is 1.49. The van der Waals surface area contributed by atoms with Crippen LogP contribution in [0.25, 0.3) is 0 Å². The summed E-state index contributed by atoms with van der Waals surface area (Å²) >= 11 is 0. The number of amides is 2. The van der Waals surface area contributed by atoms with Gasteiger partial charge < -0.3 is 19.9 Å². The van der Waals surface area contributed by atoms with Crippen molar-refractivity contribution in [3.63, 3.8) is 0 Å². The van der Waals surface area contributed by atoms with E-state index in [4.69, 9.17) is 14.7 Å². The molecule has 7 nitrogen and oxygen atoms in total. The summed E-state index contributed by atoms with van der Waals surface area (Å²) in [5.74, 6) is 2.43. The van der Waals surface area contributed by atoms with E-state index in [1.165, 1.54) is 16.7 Å². The van der Waals surface area contributed by atoms with Gasteiger partial charge in [-0.2, -0.15) is 0 Å². The highest BCUT2D eigenvalue weighted by atomic mass is 16.5. The van der Waals surface area contributed by atoms with E-state index in [1.54, 1.807) is 7.11 Å². The lowest BCUT2D eigenvalue weighted by Gasteiger charge is -2.36. The first kappa shape index (κ1) is 23.5. The fourth-order valence-electron chi connectivity index (χ4n) is 4.35. The third kappa shape index (κ3) is 5.30. The smallest absolute Gasteiger partial charge is 0.322 e. The van der Waals surface area contributed by atoms with Gasteiger partial charge in [0.2, 0.25) is 0 Å². The highest BCUT2D eigenvalue weighted by Crippen LogP contribution is 2.27. The van der Waals surface area contributed by atoms with Gasteiger partial charge in [-0.05, 0) is 38.0 Å². The molecule has 0 aliphatic carbocycles. The maximum atomic E-state index is 12.9. The van der Waals surface area contributed by atoms with Gasteiger partial charge in [-0.1, -0.05) is 48.9 Å². The minimum Gasteiger partial charge on any atom is -0.495 e. The number of hydrogen-bond donors (Lipinski definition) is 1. The Morgan fingerprint density at radius 1 is 1.00 bits per heavy atom. The molecule has 0 radical (unpaired) electrons. The van der Waals surface area contributed by atoms with Gasteiger partial charge in [0, 0.05) is 43.9 Å². The second kappa shape index (κ2) is 10.5. The van der Waals surface area contributed by atoms with Crippen molar-refractivity contribution in [1.29, 1.82) is 0 Å². The normalized spacial score (nSPS) is 13.6. The molecule has 1 N–H and O–H groups in total. The van der Waals surface area contributed by atoms with Crippen molar-refractivity contribution in [3.05, 3.63) is 76.7 Å². The fraction of sp³-hybridized carbons (Fsp3) is 0.370. The van der Waals surface area contributed by atoms with Crippen LogP contribution in [-0.4, -0.2) is 54.2 Å². The summed E-state index contributed by atoms with van der Waals surface area (Å²) in [6.45, 7) is 8.88. The lowest BCUT2D eigenvalue weighted by atomic mass is 10.0. The quantitative estimate of drug-likeness (QED) is 0.583. The van der Waals surface area contributed by atoms with E-state index in [9.17, 15) is 4.79 Å². The number of nitrogens with one attached hydrogen (secondary N) is 1. The summed E-state index contributed by atoms with van der Waals surface area (Å²) in [5, 5.41) is 2.98. The number of anilines is 2. The Hall–Kier alpha value is -3.61. The van der Waals surface area contributed by atoms with Crippen LogP contribution >= 0.6 is 0 Å². The van der Waals surface area contributed by atoms with Gasteiger partial charge in [0.15, 0.2) is 0 Å². The first-order valence-corrected chi connectivity index (χ1v) is 11.8. The maximum absolute atomic E-state index is 12.9. The molecule has 1 aliphatic heterocycles. The summed E-state index contributed by atoms with van der Waals surface area (Å²) in [6, 6.07) is 16.0. The van der Waals surface area contributed by atoms with Crippen molar-refractivity contribution in [1.82, 2.24) is 14.9 Å². The maximum Gasteiger partial charge on any atom is 0.322 e. The molecule has 1 saturated heterocycles. The standard InChI is InChI=1S/C27H33N5O2/c1-5-23-22(18-21-12-10-19(2)11-13-21)26(29-20(3)28-23)31-14-16-32(17-15-31)27(33)30-24-8-6-7-9-25(24)34-4/h6-13H,5,14-18H2,1-4H3,(H,30,33). The highest BCUT2D eigenvalue weighted by Gasteiger charge is 2.25. The van der Waals surface area contributed by atoms with Gasteiger partial charge in [-0.3, -0.25) is 0 Å². The number of nitrogens with zero attached hydrogens (tertiary/aromatic N) is 4. The second-order valence-corrected chi connectivity index (χ2v) is 8.64. The average Bonchev–Trinajstić information content (AvgIpc) is 2.86. The Bertz CT molecular complexity index is 1140. The van der Waals surface area contributed by atoms with E-state index < -0.39 is 0 Å². The third-order valence-electron chi connectivity index (χ3n) is 6.23. The number of carbonyl (C=O) groups excluding carboxylic acids is 1. The van der Waals surface area contributed by atoms with E-state index >= 15 is 0 Å². The van der Waals surface area contributed by atoms with Crippen molar-refractivity contribution in [2.45, 2.75) is 33.6 Å². The van der Waals surface area contributed by atoms with Crippen LogP contribution in [0, 0.1) is 13.8 Å². The molecule has 2 aromatic carbocycles. The highest BCUT2D eigenvalue weighted by molar-refractivity contribution is 5.91. The first-order chi connectivity index (χ1) is 16.5. The molecule has 34 heavy (non-hydrogen) atoms. The van der Waals surface area contributed by atoms with Crippen LogP contribution in [0.3, 0.4) is 0 Å². The number of piperazine rings is 1. The number of aromatic nitrogens is 2. The van der Waals surface area contributed by atoms with Crippen molar-refractivity contribution in [2.75, 3.05) is 43.5 Å². The lowest BCUT2D eigenvalue weighted by molar-refractivity contribution is 0.208. The minimum absolute atomic E-state index is 0.114. The molecule has 0 spiro atoms. The molecule has 1 aliphatic rings. The molecule has 1 fully saturated rings. The molecule has 1 aromatic heterocycles. The number of rotatable bonds is 6. The molecular weight excluding hydrogens is 426 g/mol. The van der Waals surface area contributed by atoms with Crippen LogP contribution in [0.5, 0.6) is 5.75 Å². The number of ether oxygens (including phenoxy) is 1. The Labute approximate surface area is 201 Å². The van der Waals surface area contributed by atoms with Gasteiger partial charge in [0.1, 0.15) is 17.4 Å². The Morgan fingerprint density at radius 3 is 2.38 bits per heavy atom. The first-order valence-electron chi connectivity index (χ1n) is 11.8. The molecule has 0 saturated carbocycles. The molecular formula is C27H33N5O2. The van der Waals surface area contributed by atoms with Crippen LogP contribution in [-0.2, 0) is 12.8 Å². The Kier molecular flexibility index (Phi) is 7.30. The lowest BCUT2D eigenvalue weighted by Crippen LogP contribution is -2.50. The molecule has 0 atom stereocenters. The van der Waals surface area contributed by atoms with Gasteiger partial charge >= 0.3 is 6.03 Å². The SMILES string of the molecule is CCc1nc(C)nc(N2CCN(C(=O)Nc3ccccc3OC)CC2)c1Cc1ccc(C)cc1. The average molecular weight is 460 g/mol. The summed E-state index contributed by atoms with van der Waals surface area (Å²) in [5.41, 5.74) is 5.46. The largest absolute Gasteiger partial charge is 0.495 e. The second-order valence-electron chi connectivity index (χ2n) is 8.64. The van der Waals surface area contributed by atoms with E-state index in [0.717, 1.165) is 43.3 Å². The van der Waals surface area contributed by atoms with Crippen molar-refractivity contribution in [3.8, 4) is 5.75 Å². The van der Waals surface area contributed by atoms with Gasteiger partial charge in [0.05, 0.1) is 12.8 Å². The molecule has 4 rings (SSSR count). The van der Waals surface area contributed by atoms with E-state index in [2.05, 4.69) is 48.3 Å². The fourth-order valence-corrected chi connectivity index (χ4v) is 4.35. The van der Waals surface area contributed by atoms with Gasteiger partial charge in [-0.15, -0.1) is 0 Å². The molecule has 0 unspecified atom stereocenters. The molecule has 178 valence electrons. The van der Waals surface area contributed by atoms with E-state index in [0.29, 0.717) is 24.5 Å². The summed E-state index contributed by atoms with van der Waals surface area (Å²) in [6.07, 6.45) is 1.66. The number of hydrogen-bond acceptors (Lipinski definition) is 5. The van der Waals surface area contributed by atoms with Gasteiger partial charge in [0.25, 0.3) is 0 Å². The monoisotopic (exact) mass is 459 g/mol. The van der Waals surface area contributed by atoms with Crippen LogP contribution in [0.1, 0.15) is 35.1 Å². The minimum atomic E-state index is -0.114. The van der Waals surface area contributed by atoms with E-state index in [1.807, 2.05) is 36.1 Å². The number of methoxy groups -OCH3 is 1. The molecule has 2 amide bonds. The van der Waals surface area contributed by atoms with Crippen LogP contribution in [0.15, 0.2) is 48.5 Å². The molecule has 2 heterocycles. The van der Waals surface area contributed by atoms with Gasteiger partial charge in [-0.25, -0.2) is 14.8 Å².